The first-order chi connectivity index (χ1) is 21.9. The monoisotopic (exact) mass is 604 g/mol. The van der Waals surface area contributed by atoms with Gasteiger partial charge in [0.25, 0.3) is 5.91 Å². The number of carbonyl (C=O) groups is 5. The van der Waals surface area contributed by atoms with Crippen LogP contribution < -0.4 is 16.0 Å². The lowest BCUT2D eigenvalue weighted by Gasteiger charge is -2.27. The summed E-state index contributed by atoms with van der Waals surface area (Å²) in [7, 11) is 0. The van der Waals surface area contributed by atoms with Crippen molar-refractivity contribution < 1.29 is 24.0 Å². The van der Waals surface area contributed by atoms with Crippen LogP contribution in [-0.2, 0) is 32.1 Å². The van der Waals surface area contributed by atoms with Crippen molar-refractivity contribution in [2.75, 3.05) is 6.54 Å². The Balaban J connectivity index is 1.36. The van der Waals surface area contributed by atoms with Gasteiger partial charge >= 0.3 is 0 Å². The summed E-state index contributed by atoms with van der Waals surface area (Å²) in [5, 5.41) is 9.10. The molecule has 3 N–H and O–H groups in total. The fraction of sp³-hybridized carbons (Fsp3) is 0.278. The number of pyridine rings is 1. The third kappa shape index (κ3) is 8.47. The zero-order chi connectivity index (χ0) is 31.6. The van der Waals surface area contributed by atoms with Gasteiger partial charge < -0.3 is 16.0 Å². The number of hydrogen-bond acceptors (Lipinski definition) is 6. The summed E-state index contributed by atoms with van der Waals surface area (Å²) >= 11 is 0. The maximum Gasteiger partial charge on any atom is 0.289 e. The number of amides is 3. The maximum absolute atomic E-state index is 13.9. The van der Waals surface area contributed by atoms with Crippen LogP contribution in [0.25, 0.3) is 10.9 Å². The Bertz CT molecular complexity index is 1670. The Morgan fingerprint density at radius 1 is 0.844 bits per heavy atom. The fourth-order valence-corrected chi connectivity index (χ4v) is 5.60. The van der Waals surface area contributed by atoms with Gasteiger partial charge in [0.05, 0.1) is 11.6 Å². The number of nitrogens with one attached hydrogen (secondary N) is 3. The van der Waals surface area contributed by atoms with Gasteiger partial charge in [0, 0.05) is 36.7 Å². The van der Waals surface area contributed by atoms with Crippen molar-refractivity contribution in [3.05, 3.63) is 114 Å². The number of nitrogens with zero attached hydrogens (tertiary/aromatic N) is 1. The molecule has 1 saturated heterocycles. The average Bonchev–Trinajstić information content (AvgIpc) is 3.07. The highest BCUT2D eigenvalue weighted by Crippen LogP contribution is 2.21. The summed E-state index contributed by atoms with van der Waals surface area (Å²) in [5.74, 6) is -4.14. The summed E-state index contributed by atoms with van der Waals surface area (Å²) in [6.45, 7) is 0.682. The second kappa shape index (κ2) is 15.0. The van der Waals surface area contributed by atoms with Crippen LogP contribution in [-0.4, -0.2) is 46.9 Å². The smallest absolute Gasteiger partial charge is 0.289 e. The van der Waals surface area contributed by atoms with Gasteiger partial charge in [-0.05, 0) is 48.9 Å². The molecule has 9 nitrogen and oxygen atoms in total. The molecule has 230 valence electrons. The van der Waals surface area contributed by atoms with Gasteiger partial charge in [0.1, 0.15) is 5.69 Å². The number of para-hydroxylation sites is 1. The minimum Gasteiger partial charge on any atom is -0.356 e. The van der Waals surface area contributed by atoms with E-state index in [4.69, 9.17) is 0 Å². The first-order valence-electron chi connectivity index (χ1n) is 15.2. The van der Waals surface area contributed by atoms with Crippen molar-refractivity contribution in [1.82, 2.24) is 20.9 Å². The highest BCUT2D eigenvalue weighted by Gasteiger charge is 2.35. The SMILES string of the molecule is O=C(NCc1ccccc1)C(=O)[C@H](C[C@@H]1CCCNC1=O)NC(=O)[C@@H](CC(=O)c1ccc2ccccc2n1)Cc1ccccc1. The number of benzene rings is 3. The van der Waals surface area contributed by atoms with Gasteiger partial charge in [-0.15, -0.1) is 0 Å². The predicted octanol–water partition coefficient (Wildman–Crippen LogP) is 3.95. The quantitative estimate of drug-likeness (QED) is 0.156. The molecule has 1 aromatic heterocycles. The number of aromatic nitrogens is 1. The van der Waals surface area contributed by atoms with E-state index < -0.39 is 35.5 Å². The largest absolute Gasteiger partial charge is 0.356 e. The zero-order valence-electron chi connectivity index (χ0n) is 24.9. The second-order valence-corrected chi connectivity index (χ2v) is 11.4. The second-order valence-electron chi connectivity index (χ2n) is 11.4. The third-order valence-corrected chi connectivity index (χ3v) is 8.08. The van der Waals surface area contributed by atoms with Crippen LogP contribution >= 0.6 is 0 Å². The molecule has 0 unspecified atom stereocenters. The molecule has 1 aliphatic heterocycles. The lowest BCUT2D eigenvalue weighted by Crippen LogP contribution is -2.51. The van der Waals surface area contributed by atoms with Crippen LogP contribution in [0.3, 0.4) is 0 Å². The van der Waals surface area contributed by atoms with E-state index in [1.165, 1.54) is 0 Å². The Morgan fingerprint density at radius 3 is 2.27 bits per heavy atom. The van der Waals surface area contributed by atoms with Gasteiger partial charge in [-0.25, -0.2) is 4.98 Å². The zero-order valence-corrected chi connectivity index (χ0v) is 24.9. The Morgan fingerprint density at radius 2 is 1.53 bits per heavy atom. The highest BCUT2D eigenvalue weighted by atomic mass is 16.2. The molecule has 0 aliphatic carbocycles. The summed E-state index contributed by atoms with van der Waals surface area (Å²) in [6, 6.07) is 28.1. The van der Waals surface area contributed by atoms with Gasteiger partial charge in [-0.1, -0.05) is 84.9 Å². The van der Waals surface area contributed by atoms with E-state index in [1.807, 2.05) is 91.0 Å². The predicted molar refractivity (Wildman–Crippen MR) is 170 cm³/mol. The normalized spacial score (nSPS) is 15.8. The average molecular weight is 605 g/mol. The molecule has 3 atom stereocenters. The molecule has 1 aliphatic rings. The Hall–Kier alpha value is -5.18. The number of piperidine rings is 1. The molecule has 0 spiro atoms. The van der Waals surface area contributed by atoms with E-state index >= 15 is 0 Å². The molecule has 3 aromatic carbocycles. The summed E-state index contributed by atoms with van der Waals surface area (Å²) in [5.41, 5.74) is 2.57. The number of carbonyl (C=O) groups excluding carboxylic acids is 5. The van der Waals surface area contributed by atoms with E-state index in [0.29, 0.717) is 18.5 Å². The molecular formula is C36H36N4O5. The van der Waals surface area contributed by atoms with E-state index in [2.05, 4.69) is 20.9 Å². The van der Waals surface area contributed by atoms with Gasteiger partial charge in [0.2, 0.25) is 17.6 Å². The van der Waals surface area contributed by atoms with Crippen molar-refractivity contribution in [2.24, 2.45) is 11.8 Å². The molecule has 3 amide bonds. The van der Waals surface area contributed by atoms with Crippen LogP contribution in [0.4, 0.5) is 0 Å². The van der Waals surface area contributed by atoms with Crippen molar-refractivity contribution in [2.45, 2.75) is 44.7 Å². The summed E-state index contributed by atoms with van der Waals surface area (Å²) < 4.78 is 0. The van der Waals surface area contributed by atoms with Crippen molar-refractivity contribution in [3.63, 3.8) is 0 Å². The molecular weight excluding hydrogens is 568 g/mol. The van der Waals surface area contributed by atoms with Crippen LogP contribution in [0.15, 0.2) is 97.1 Å². The first kappa shape index (κ1) is 31.3. The fourth-order valence-electron chi connectivity index (χ4n) is 5.60. The maximum atomic E-state index is 13.9. The van der Waals surface area contributed by atoms with Crippen LogP contribution in [0.2, 0.25) is 0 Å². The van der Waals surface area contributed by atoms with Gasteiger partial charge in [0.15, 0.2) is 5.78 Å². The van der Waals surface area contributed by atoms with Crippen LogP contribution in [0.1, 0.15) is 47.3 Å². The summed E-state index contributed by atoms with van der Waals surface area (Å²) in [6.07, 6.45) is 1.33. The minimum atomic E-state index is -1.24. The third-order valence-electron chi connectivity index (χ3n) is 8.08. The number of rotatable bonds is 13. The van der Waals surface area contributed by atoms with Crippen molar-refractivity contribution in [3.8, 4) is 0 Å². The van der Waals surface area contributed by atoms with Crippen molar-refractivity contribution >= 4 is 40.2 Å². The van der Waals surface area contributed by atoms with Crippen LogP contribution in [0.5, 0.6) is 0 Å². The van der Waals surface area contributed by atoms with Gasteiger partial charge in [-0.2, -0.15) is 0 Å². The minimum absolute atomic E-state index is 0.0204. The number of ketones is 2. The summed E-state index contributed by atoms with van der Waals surface area (Å²) in [4.78, 5) is 71.0. The molecule has 0 saturated carbocycles. The molecule has 45 heavy (non-hydrogen) atoms. The Kier molecular flexibility index (Phi) is 10.4. The van der Waals surface area contributed by atoms with Crippen molar-refractivity contribution in [1.29, 1.82) is 0 Å². The lowest BCUT2D eigenvalue weighted by atomic mass is 9.88. The van der Waals surface area contributed by atoms with E-state index in [9.17, 15) is 24.0 Å². The lowest BCUT2D eigenvalue weighted by molar-refractivity contribution is -0.141. The first-order valence-corrected chi connectivity index (χ1v) is 15.2. The van der Waals surface area contributed by atoms with E-state index in [-0.39, 0.29) is 43.2 Å². The van der Waals surface area contributed by atoms with Crippen LogP contribution in [0, 0.1) is 11.8 Å². The molecule has 2 heterocycles. The standard InChI is InChI=1S/C36H36N4O5/c41-32(30-18-17-26-14-7-8-16-29(26)39-30)22-28(20-24-10-3-1-4-11-24)35(44)40-31(21-27-15-9-19-37-34(27)43)33(42)36(45)38-23-25-12-5-2-6-13-25/h1-8,10-14,16-18,27-28,31H,9,15,19-23H2,(H,37,43)(H,38,45)(H,40,44)/t27-,28+,31-/m0/s1. The topological polar surface area (TPSA) is 134 Å². The molecule has 9 heteroatoms. The highest BCUT2D eigenvalue weighted by molar-refractivity contribution is 6.38. The number of fused-ring (bicyclic) bond motifs is 1. The Labute approximate surface area is 261 Å². The van der Waals surface area contributed by atoms with Gasteiger partial charge in [-0.3, -0.25) is 24.0 Å². The van der Waals surface area contributed by atoms with E-state index in [1.54, 1.807) is 6.07 Å². The molecule has 0 radical (unpaired) electrons. The van der Waals surface area contributed by atoms with E-state index in [0.717, 1.165) is 22.9 Å². The molecule has 0 bridgehead atoms. The number of hydrogen-bond donors (Lipinski definition) is 3. The molecule has 4 aromatic rings. The molecule has 5 rings (SSSR count). The number of Topliss-reactive ketones (excluding diaryl/α,β-unsaturated/α-hetero) is 2. The molecule has 1 fully saturated rings.